The van der Waals surface area contributed by atoms with Gasteiger partial charge in [0, 0.05) is 55.6 Å². The topological polar surface area (TPSA) is 63.6 Å². The highest BCUT2D eigenvalue weighted by atomic mass is 79.9. The lowest BCUT2D eigenvalue weighted by Gasteiger charge is -2.21. The molecular formula is C35H25BrN4O2S. The fourth-order valence-corrected chi connectivity index (χ4v) is 7.21. The van der Waals surface area contributed by atoms with Crippen molar-refractivity contribution in [2.75, 3.05) is 5.01 Å². The van der Waals surface area contributed by atoms with Gasteiger partial charge in [0.05, 0.1) is 23.0 Å². The van der Waals surface area contributed by atoms with E-state index in [2.05, 4.69) is 87.4 Å². The number of fused-ring (bicyclic) bond motifs is 4. The molecule has 8 rings (SSSR count). The fraction of sp³-hybridized carbons (Fsp3) is 0.114. The van der Waals surface area contributed by atoms with E-state index >= 15 is 0 Å². The molecule has 1 aliphatic rings. The van der Waals surface area contributed by atoms with Gasteiger partial charge >= 0.3 is 5.63 Å². The van der Waals surface area contributed by atoms with E-state index in [-0.39, 0.29) is 11.7 Å². The molecule has 4 heterocycles. The van der Waals surface area contributed by atoms with Crippen LogP contribution in [-0.4, -0.2) is 15.3 Å². The summed E-state index contributed by atoms with van der Waals surface area (Å²) >= 11 is 5.07. The number of aromatic nitrogens is 2. The molecule has 0 aliphatic carbocycles. The van der Waals surface area contributed by atoms with Gasteiger partial charge in [-0.2, -0.15) is 5.10 Å². The predicted molar refractivity (Wildman–Crippen MR) is 179 cm³/mol. The van der Waals surface area contributed by atoms with Crippen LogP contribution < -0.4 is 10.6 Å². The second kappa shape index (κ2) is 10.3. The Morgan fingerprint density at radius 1 is 0.930 bits per heavy atom. The highest BCUT2D eigenvalue weighted by Gasteiger charge is 2.33. The van der Waals surface area contributed by atoms with Gasteiger partial charge in [0.2, 0.25) is 5.13 Å². The number of halogens is 1. The summed E-state index contributed by atoms with van der Waals surface area (Å²) < 4.78 is 9.08. The number of para-hydroxylation sites is 2. The van der Waals surface area contributed by atoms with Crippen LogP contribution >= 0.6 is 27.3 Å². The van der Waals surface area contributed by atoms with E-state index < -0.39 is 0 Å². The molecule has 6 nitrogen and oxygen atoms in total. The Labute approximate surface area is 259 Å². The molecule has 4 aromatic carbocycles. The van der Waals surface area contributed by atoms with Crippen LogP contribution in [0.15, 0.2) is 121 Å². The van der Waals surface area contributed by atoms with Crippen molar-refractivity contribution in [3.8, 4) is 11.3 Å². The van der Waals surface area contributed by atoms with E-state index in [4.69, 9.17) is 14.5 Å². The molecule has 7 aromatic rings. The first-order valence-electron chi connectivity index (χ1n) is 14.2. The first kappa shape index (κ1) is 26.1. The lowest BCUT2D eigenvalue weighted by atomic mass is 9.97. The SMILES string of the molecule is CCn1c2ccccc2c2cc(C3CC(c4cc5ccccc5oc4=O)=NN3c3nc(-c4ccc(Br)cc4)cs3)ccc21. The molecule has 210 valence electrons. The number of rotatable bonds is 5. The number of nitrogens with zero attached hydrogens (tertiary/aromatic N) is 4. The average molecular weight is 646 g/mol. The minimum absolute atomic E-state index is 0.141. The standard InChI is InChI=1S/C35H25BrN4O2S/c1-2-39-30-9-5-4-8-25(30)26-17-22(13-16-31(26)39)32-19-28(27-18-23-7-3-6-10-33(23)42-34(27)41)38-40(32)35-37-29(20-43-35)21-11-14-24(36)15-12-21/h3-18,20,32H,2,19H2,1H3. The van der Waals surface area contributed by atoms with E-state index in [1.165, 1.54) is 21.8 Å². The van der Waals surface area contributed by atoms with Gasteiger partial charge in [0.15, 0.2) is 0 Å². The van der Waals surface area contributed by atoms with Crippen molar-refractivity contribution < 1.29 is 4.42 Å². The normalized spacial score (nSPS) is 15.2. The van der Waals surface area contributed by atoms with Gasteiger partial charge < -0.3 is 8.98 Å². The maximum atomic E-state index is 13.2. The van der Waals surface area contributed by atoms with Crippen molar-refractivity contribution in [1.29, 1.82) is 0 Å². The lowest BCUT2D eigenvalue weighted by Crippen LogP contribution is -2.18. The van der Waals surface area contributed by atoms with E-state index in [1.807, 2.05) is 47.5 Å². The molecule has 0 saturated heterocycles. The van der Waals surface area contributed by atoms with Crippen molar-refractivity contribution in [2.24, 2.45) is 5.10 Å². The Hall–Kier alpha value is -4.53. The van der Waals surface area contributed by atoms with Gasteiger partial charge in [0.25, 0.3) is 0 Å². The minimum atomic E-state index is -0.380. The summed E-state index contributed by atoms with van der Waals surface area (Å²) in [5.74, 6) is 0. The van der Waals surface area contributed by atoms with Crippen LogP contribution in [0.1, 0.15) is 30.5 Å². The monoisotopic (exact) mass is 644 g/mol. The highest BCUT2D eigenvalue weighted by Crippen LogP contribution is 2.41. The van der Waals surface area contributed by atoms with Crippen LogP contribution in [0, 0.1) is 0 Å². The zero-order valence-electron chi connectivity index (χ0n) is 23.2. The van der Waals surface area contributed by atoms with Gasteiger partial charge in [0.1, 0.15) is 5.58 Å². The van der Waals surface area contributed by atoms with Crippen molar-refractivity contribution >= 4 is 70.9 Å². The first-order valence-corrected chi connectivity index (χ1v) is 15.9. The van der Waals surface area contributed by atoms with Crippen LogP contribution in [0.25, 0.3) is 44.0 Å². The van der Waals surface area contributed by atoms with Crippen LogP contribution in [0.5, 0.6) is 0 Å². The zero-order valence-corrected chi connectivity index (χ0v) is 25.6. The van der Waals surface area contributed by atoms with Gasteiger partial charge in [-0.25, -0.2) is 14.8 Å². The molecule has 8 heteroatoms. The van der Waals surface area contributed by atoms with Crippen molar-refractivity contribution in [1.82, 2.24) is 9.55 Å². The quantitative estimate of drug-likeness (QED) is 0.175. The van der Waals surface area contributed by atoms with Crippen molar-refractivity contribution in [3.63, 3.8) is 0 Å². The molecule has 0 fully saturated rings. The Morgan fingerprint density at radius 2 is 1.72 bits per heavy atom. The van der Waals surface area contributed by atoms with Gasteiger partial charge in [-0.15, -0.1) is 11.3 Å². The van der Waals surface area contributed by atoms with Crippen LogP contribution in [0.2, 0.25) is 0 Å². The van der Waals surface area contributed by atoms with Crippen LogP contribution in [0.4, 0.5) is 5.13 Å². The largest absolute Gasteiger partial charge is 0.422 e. The Balaban J connectivity index is 1.27. The number of hydrogen-bond acceptors (Lipinski definition) is 6. The third-order valence-corrected chi connectivity index (χ3v) is 9.55. The molecule has 1 unspecified atom stereocenters. The summed E-state index contributed by atoms with van der Waals surface area (Å²) in [4.78, 5) is 18.2. The molecule has 0 amide bonds. The lowest BCUT2D eigenvalue weighted by molar-refractivity contribution is 0.559. The van der Waals surface area contributed by atoms with Crippen molar-refractivity contribution in [3.05, 3.63) is 128 Å². The van der Waals surface area contributed by atoms with E-state index in [9.17, 15) is 4.79 Å². The fourth-order valence-electron chi connectivity index (χ4n) is 6.11. The molecule has 0 N–H and O–H groups in total. The third kappa shape index (κ3) is 4.40. The molecule has 0 spiro atoms. The smallest absolute Gasteiger partial charge is 0.345 e. The second-order valence-electron chi connectivity index (χ2n) is 10.7. The number of aryl methyl sites for hydroxylation is 1. The summed E-state index contributed by atoms with van der Waals surface area (Å²) in [5, 5.41) is 13.2. The molecule has 0 bridgehead atoms. The van der Waals surface area contributed by atoms with Crippen LogP contribution in [-0.2, 0) is 6.54 Å². The Bertz CT molecular complexity index is 2260. The molecule has 0 radical (unpaired) electrons. The minimum Gasteiger partial charge on any atom is -0.422 e. The maximum Gasteiger partial charge on any atom is 0.345 e. The first-order chi connectivity index (χ1) is 21.1. The Kier molecular flexibility index (Phi) is 6.27. The molecule has 0 saturated carbocycles. The van der Waals surface area contributed by atoms with Gasteiger partial charge in [-0.1, -0.05) is 70.5 Å². The zero-order chi connectivity index (χ0) is 29.1. The Morgan fingerprint density at radius 3 is 2.58 bits per heavy atom. The van der Waals surface area contributed by atoms with Crippen LogP contribution in [0.3, 0.4) is 0 Å². The average Bonchev–Trinajstić information content (AvgIpc) is 3.77. The second-order valence-corrected chi connectivity index (χ2v) is 12.4. The summed E-state index contributed by atoms with van der Waals surface area (Å²) in [6, 6.07) is 32.7. The summed E-state index contributed by atoms with van der Waals surface area (Å²) in [6.45, 7) is 3.07. The van der Waals surface area contributed by atoms with Gasteiger partial charge in [-0.3, -0.25) is 0 Å². The maximum absolute atomic E-state index is 13.2. The van der Waals surface area contributed by atoms with Crippen molar-refractivity contribution in [2.45, 2.75) is 25.9 Å². The third-order valence-electron chi connectivity index (χ3n) is 8.19. The molecular weight excluding hydrogens is 620 g/mol. The van der Waals surface area contributed by atoms with Gasteiger partial charge in [-0.05, 0) is 55.0 Å². The number of benzene rings is 4. The van der Waals surface area contributed by atoms with E-state index in [0.717, 1.165) is 38.4 Å². The van der Waals surface area contributed by atoms with E-state index in [1.54, 1.807) is 11.3 Å². The summed E-state index contributed by atoms with van der Waals surface area (Å²) in [6.07, 6.45) is 0.550. The highest BCUT2D eigenvalue weighted by molar-refractivity contribution is 9.10. The molecule has 1 atom stereocenters. The van der Waals surface area contributed by atoms with E-state index in [0.29, 0.717) is 23.3 Å². The molecule has 43 heavy (non-hydrogen) atoms. The number of thiazole rings is 1. The molecule has 3 aromatic heterocycles. The summed E-state index contributed by atoms with van der Waals surface area (Å²) in [7, 11) is 0. The number of hydrazone groups is 1. The number of hydrogen-bond donors (Lipinski definition) is 0. The number of anilines is 1. The molecule has 1 aliphatic heterocycles. The predicted octanol–water partition coefficient (Wildman–Crippen LogP) is 9.16. The summed E-state index contributed by atoms with van der Waals surface area (Å²) in [5.41, 5.74) is 6.85.